The fraction of sp³-hybridized carbons (Fsp3) is 0.867. The van der Waals surface area contributed by atoms with Gasteiger partial charge in [0.05, 0.1) is 13.2 Å². The molecule has 0 amide bonds. The van der Waals surface area contributed by atoms with Crippen LogP contribution in [0.25, 0.3) is 0 Å². The van der Waals surface area contributed by atoms with Crippen LogP contribution in [-0.2, 0) is 4.74 Å². The summed E-state index contributed by atoms with van der Waals surface area (Å²) in [5.74, 6) is 1.91. The molecule has 0 saturated carbocycles. The standard InChI is InChI=1S/C15H26N2O/c1-2-5-15-13-17(12-14(15)4-1)7-3-6-16-8-10-18-11-9-16/h1-2,14-15H,3-13H2/t14-,15-/m1/s1. The number of ether oxygens (including phenoxy) is 1. The maximum Gasteiger partial charge on any atom is 0.0594 e. The molecule has 18 heavy (non-hydrogen) atoms. The molecule has 102 valence electrons. The Balaban J connectivity index is 1.34. The number of nitrogens with zero attached hydrogens (tertiary/aromatic N) is 2. The molecular weight excluding hydrogens is 224 g/mol. The predicted molar refractivity (Wildman–Crippen MR) is 73.7 cm³/mol. The van der Waals surface area contributed by atoms with Crippen molar-refractivity contribution in [1.82, 2.24) is 9.80 Å². The molecule has 3 heteroatoms. The van der Waals surface area contributed by atoms with Crippen LogP contribution in [0.15, 0.2) is 12.2 Å². The topological polar surface area (TPSA) is 15.7 Å². The minimum atomic E-state index is 0.930. The van der Waals surface area contributed by atoms with Crippen LogP contribution in [0.4, 0.5) is 0 Å². The van der Waals surface area contributed by atoms with E-state index in [1.807, 2.05) is 0 Å². The van der Waals surface area contributed by atoms with E-state index in [0.717, 1.165) is 38.1 Å². The maximum absolute atomic E-state index is 5.38. The van der Waals surface area contributed by atoms with E-state index in [-0.39, 0.29) is 0 Å². The predicted octanol–water partition coefficient (Wildman–Crippen LogP) is 1.61. The van der Waals surface area contributed by atoms with Gasteiger partial charge in [-0.15, -0.1) is 0 Å². The van der Waals surface area contributed by atoms with Crippen LogP contribution in [0.1, 0.15) is 19.3 Å². The highest BCUT2D eigenvalue weighted by Crippen LogP contribution is 2.32. The van der Waals surface area contributed by atoms with Gasteiger partial charge in [0.1, 0.15) is 0 Å². The van der Waals surface area contributed by atoms with Gasteiger partial charge in [0.2, 0.25) is 0 Å². The Morgan fingerprint density at radius 2 is 1.50 bits per heavy atom. The Morgan fingerprint density at radius 3 is 2.17 bits per heavy atom. The van der Waals surface area contributed by atoms with E-state index < -0.39 is 0 Å². The van der Waals surface area contributed by atoms with Gasteiger partial charge < -0.3 is 9.64 Å². The summed E-state index contributed by atoms with van der Waals surface area (Å²) in [5.41, 5.74) is 0. The van der Waals surface area contributed by atoms with Crippen LogP contribution in [0, 0.1) is 11.8 Å². The smallest absolute Gasteiger partial charge is 0.0594 e. The summed E-state index contributed by atoms with van der Waals surface area (Å²) in [5, 5.41) is 0. The van der Waals surface area contributed by atoms with Crippen LogP contribution >= 0.6 is 0 Å². The summed E-state index contributed by atoms with van der Waals surface area (Å²) in [4.78, 5) is 5.25. The van der Waals surface area contributed by atoms with Crippen LogP contribution in [0.3, 0.4) is 0 Å². The number of likely N-dealkylation sites (tertiary alicyclic amines) is 1. The second-order valence-electron chi connectivity index (χ2n) is 6.03. The molecule has 0 aromatic heterocycles. The molecule has 0 radical (unpaired) electrons. The third-order valence-electron chi connectivity index (χ3n) is 4.75. The Morgan fingerprint density at radius 1 is 0.889 bits per heavy atom. The highest BCUT2D eigenvalue weighted by molar-refractivity contribution is 4.99. The fourth-order valence-corrected chi connectivity index (χ4v) is 3.64. The molecule has 3 aliphatic rings. The van der Waals surface area contributed by atoms with Gasteiger partial charge in [-0.3, -0.25) is 4.90 Å². The fourth-order valence-electron chi connectivity index (χ4n) is 3.64. The zero-order valence-electron chi connectivity index (χ0n) is 11.4. The first-order chi connectivity index (χ1) is 8.92. The van der Waals surface area contributed by atoms with E-state index in [1.165, 1.54) is 45.4 Å². The van der Waals surface area contributed by atoms with Gasteiger partial charge in [0, 0.05) is 26.2 Å². The molecule has 3 nitrogen and oxygen atoms in total. The van der Waals surface area contributed by atoms with Gasteiger partial charge in [-0.05, 0) is 44.2 Å². The van der Waals surface area contributed by atoms with Crippen molar-refractivity contribution < 1.29 is 4.74 Å². The molecule has 2 fully saturated rings. The van der Waals surface area contributed by atoms with Gasteiger partial charge in [0.15, 0.2) is 0 Å². The lowest BCUT2D eigenvalue weighted by molar-refractivity contribution is 0.0363. The molecule has 1 aliphatic carbocycles. The Hall–Kier alpha value is -0.380. The third-order valence-corrected chi connectivity index (χ3v) is 4.75. The first-order valence-corrected chi connectivity index (χ1v) is 7.59. The minimum Gasteiger partial charge on any atom is -0.379 e. The average molecular weight is 250 g/mol. The van der Waals surface area contributed by atoms with Crippen molar-refractivity contribution in [1.29, 1.82) is 0 Å². The summed E-state index contributed by atoms with van der Waals surface area (Å²) in [7, 11) is 0. The van der Waals surface area contributed by atoms with E-state index >= 15 is 0 Å². The van der Waals surface area contributed by atoms with Gasteiger partial charge in [0.25, 0.3) is 0 Å². The van der Waals surface area contributed by atoms with Gasteiger partial charge in [-0.2, -0.15) is 0 Å². The van der Waals surface area contributed by atoms with E-state index in [2.05, 4.69) is 22.0 Å². The Labute approximate surface area is 111 Å². The third kappa shape index (κ3) is 3.14. The normalized spacial score (nSPS) is 33.8. The molecule has 0 bridgehead atoms. The number of hydrogen-bond donors (Lipinski definition) is 0. The number of allylic oxidation sites excluding steroid dienone is 2. The Kier molecular flexibility index (Phi) is 4.34. The number of hydrogen-bond acceptors (Lipinski definition) is 3. The first kappa shape index (κ1) is 12.6. The van der Waals surface area contributed by atoms with Gasteiger partial charge >= 0.3 is 0 Å². The molecule has 0 aromatic rings. The molecular formula is C15H26N2O. The largest absolute Gasteiger partial charge is 0.379 e. The molecule has 0 N–H and O–H groups in total. The zero-order valence-corrected chi connectivity index (χ0v) is 11.4. The number of rotatable bonds is 4. The van der Waals surface area contributed by atoms with Crippen molar-refractivity contribution in [3.05, 3.63) is 12.2 Å². The highest BCUT2D eigenvalue weighted by atomic mass is 16.5. The molecule has 2 saturated heterocycles. The van der Waals surface area contributed by atoms with Gasteiger partial charge in [-0.1, -0.05) is 12.2 Å². The summed E-state index contributed by atoms with van der Waals surface area (Å²) >= 11 is 0. The quantitative estimate of drug-likeness (QED) is 0.705. The van der Waals surface area contributed by atoms with Crippen molar-refractivity contribution >= 4 is 0 Å². The summed E-state index contributed by atoms with van der Waals surface area (Å²) < 4.78 is 5.38. The van der Waals surface area contributed by atoms with Crippen LogP contribution in [-0.4, -0.2) is 62.3 Å². The lowest BCUT2D eigenvalue weighted by Crippen LogP contribution is -2.38. The molecule has 0 aromatic carbocycles. The highest BCUT2D eigenvalue weighted by Gasteiger charge is 2.32. The minimum absolute atomic E-state index is 0.930. The summed E-state index contributed by atoms with van der Waals surface area (Å²) in [6, 6.07) is 0. The van der Waals surface area contributed by atoms with Crippen molar-refractivity contribution in [2.75, 3.05) is 52.5 Å². The summed E-state index contributed by atoms with van der Waals surface area (Å²) in [6.07, 6.45) is 8.75. The Bertz CT molecular complexity index is 270. The van der Waals surface area contributed by atoms with Crippen molar-refractivity contribution in [3.8, 4) is 0 Å². The monoisotopic (exact) mass is 250 g/mol. The maximum atomic E-state index is 5.38. The summed E-state index contributed by atoms with van der Waals surface area (Å²) in [6.45, 7) is 9.37. The van der Waals surface area contributed by atoms with Crippen LogP contribution in [0.2, 0.25) is 0 Å². The molecule has 2 heterocycles. The van der Waals surface area contributed by atoms with Crippen LogP contribution in [0.5, 0.6) is 0 Å². The lowest BCUT2D eigenvalue weighted by atomic mass is 9.86. The van der Waals surface area contributed by atoms with E-state index in [9.17, 15) is 0 Å². The van der Waals surface area contributed by atoms with E-state index in [1.54, 1.807) is 0 Å². The van der Waals surface area contributed by atoms with Crippen molar-refractivity contribution in [2.24, 2.45) is 11.8 Å². The molecule has 0 unspecified atom stereocenters. The SMILES string of the molecule is C1=CC[C@@H]2CN(CCCN3CCOCC3)C[C@H]2C1. The first-order valence-electron chi connectivity index (χ1n) is 7.59. The molecule has 2 aliphatic heterocycles. The second-order valence-corrected chi connectivity index (χ2v) is 6.03. The van der Waals surface area contributed by atoms with E-state index in [0.29, 0.717) is 0 Å². The van der Waals surface area contributed by atoms with Crippen molar-refractivity contribution in [2.45, 2.75) is 19.3 Å². The number of morpholine rings is 1. The molecule has 2 atom stereocenters. The zero-order chi connectivity index (χ0) is 12.2. The van der Waals surface area contributed by atoms with Crippen molar-refractivity contribution in [3.63, 3.8) is 0 Å². The van der Waals surface area contributed by atoms with Gasteiger partial charge in [-0.25, -0.2) is 0 Å². The van der Waals surface area contributed by atoms with Crippen LogP contribution < -0.4 is 0 Å². The average Bonchev–Trinajstić information content (AvgIpc) is 2.82. The number of fused-ring (bicyclic) bond motifs is 1. The molecule has 0 spiro atoms. The second kappa shape index (κ2) is 6.18. The lowest BCUT2D eigenvalue weighted by Gasteiger charge is -2.27. The molecule has 3 rings (SSSR count). The van der Waals surface area contributed by atoms with E-state index in [4.69, 9.17) is 4.74 Å².